The van der Waals surface area contributed by atoms with Crippen LogP contribution in [-0.2, 0) is 50.8 Å². The van der Waals surface area contributed by atoms with Gasteiger partial charge in [-0.3, -0.25) is 0 Å². The Morgan fingerprint density at radius 1 is 0.512 bits per heavy atom. The smallest absolute Gasteiger partial charge is 0.126 e. The second-order valence-corrected chi connectivity index (χ2v) is 9.86. The van der Waals surface area contributed by atoms with Gasteiger partial charge in [0, 0.05) is 50.7 Å². The van der Waals surface area contributed by atoms with Crippen LogP contribution in [0, 0.1) is 0 Å². The predicted molar refractivity (Wildman–Crippen MR) is 161 cm³/mol. The van der Waals surface area contributed by atoms with Crippen LogP contribution in [0.5, 0.6) is 11.5 Å². The van der Waals surface area contributed by atoms with Crippen molar-refractivity contribution in [3.63, 3.8) is 0 Å². The van der Waals surface area contributed by atoms with Gasteiger partial charge in [-0.05, 0) is 57.6 Å². The highest BCUT2D eigenvalue weighted by Crippen LogP contribution is 2.57. The Kier molecular flexibility index (Phi) is 9.84. The first kappa shape index (κ1) is 30.3. The first-order valence-electron chi connectivity index (χ1n) is 13.9. The van der Waals surface area contributed by atoms with Crippen molar-refractivity contribution in [3.8, 4) is 22.6 Å². The van der Waals surface area contributed by atoms with Gasteiger partial charge >= 0.3 is 0 Å². The van der Waals surface area contributed by atoms with Gasteiger partial charge in [-0.25, -0.2) is 0 Å². The van der Waals surface area contributed by atoms with E-state index in [2.05, 4.69) is 48.5 Å². The first-order chi connectivity index (χ1) is 20.0. The van der Waals surface area contributed by atoms with Gasteiger partial charge in [0.25, 0.3) is 0 Å². The standard InChI is InChI=1S/C33H34O6.C2H6/c1-36-17-21-13-25(14-22(18-37-2)31(21)34)33(26-15-23(19-38-3)32(35)24(16-26)20-39-4)29-11-7-5-9-27(29)28-10-6-8-12-30(28)33;1-2/h5-16,34-35H,17-20H2,1-4H3;1-2H3. The van der Waals surface area contributed by atoms with E-state index in [1.165, 1.54) is 0 Å². The molecular weight excluding hydrogens is 516 g/mol. The molecule has 4 aromatic rings. The Labute approximate surface area is 243 Å². The van der Waals surface area contributed by atoms with Crippen LogP contribution < -0.4 is 0 Å². The Morgan fingerprint density at radius 3 is 1.10 bits per heavy atom. The van der Waals surface area contributed by atoms with E-state index in [1.807, 2.05) is 38.1 Å². The van der Waals surface area contributed by atoms with Crippen molar-refractivity contribution in [1.29, 1.82) is 0 Å². The summed E-state index contributed by atoms with van der Waals surface area (Å²) < 4.78 is 22.0. The van der Waals surface area contributed by atoms with Crippen LogP contribution in [0.2, 0.25) is 0 Å². The molecule has 6 nitrogen and oxygen atoms in total. The van der Waals surface area contributed by atoms with Crippen molar-refractivity contribution in [3.05, 3.63) is 117 Å². The molecular formula is C35H40O6. The van der Waals surface area contributed by atoms with Gasteiger partial charge in [0.05, 0.1) is 31.8 Å². The highest BCUT2D eigenvalue weighted by atomic mass is 16.5. The molecule has 1 aliphatic carbocycles. The van der Waals surface area contributed by atoms with E-state index in [1.54, 1.807) is 28.4 Å². The minimum absolute atomic E-state index is 0.169. The minimum atomic E-state index is -0.759. The number of ether oxygens (including phenoxy) is 4. The third-order valence-electron chi connectivity index (χ3n) is 7.55. The Bertz CT molecular complexity index is 1320. The average molecular weight is 557 g/mol. The Morgan fingerprint density at radius 2 is 0.805 bits per heavy atom. The molecule has 0 radical (unpaired) electrons. The van der Waals surface area contributed by atoms with E-state index in [0.29, 0.717) is 22.3 Å². The quantitative estimate of drug-likeness (QED) is 0.192. The molecule has 0 aromatic heterocycles. The van der Waals surface area contributed by atoms with E-state index in [-0.39, 0.29) is 37.9 Å². The van der Waals surface area contributed by atoms with Crippen LogP contribution in [0.3, 0.4) is 0 Å². The lowest BCUT2D eigenvalue weighted by atomic mass is 9.66. The summed E-state index contributed by atoms with van der Waals surface area (Å²) in [4.78, 5) is 0. The summed E-state index contributed by atoms with van der Waals surface area (Å²) >= 11 is 0. The molecule has 0 saturated heterocycles. The molecule has 41 heavy (non-hydrogen) atoms. The number of rotatable bonds is 10. The van der Waals surface area contributed by atoms with Gasteiger partial charge < -0.3 is 29.2 Å². The van der Waals surface area contributed by atoms with E-state index in [9.17, 15) is 10.2 Å². The highest BCUT2D eigenvalue weighted by Gasteiger charge is 2.47. The van der Waals surface area contributed by atoms with Gasteiger partial charge in [0.15, 0.2) is 0 Å². The number of fused-ring (bicyclic) bond motifs is 3. The van der Waals surface area contributed by atoms with Crippen LogP contribution in [-0.4, -0.2) is 38.7 Å². The van der Waals surface area contributed by atoms with Crippen molar-refractivity contribution in [2.45, 2.75) is 45.7 Å². The fourth-order valence-corrected chi connectivity index (χ4v) is 6.04. The van der Waals surface area contributed by atoms with E-state index >= 15 is 0 Å². The molecule has 0 unspecified atom stereocenters. The second kappa shape index (κ2) is 13.3. The lowest BCUT2D eigenvalue weighted by molar-refractivity contribution is 0.174. The summed E-state index contributed by atoms with van der Waals surface area (Å²) in [5.41, 5.74) is 8.38. The minimum Gasteiger partial charge on any atom is -0.507 e. The Hall–Kier alpha value is -3.68. The lowest BCUT2D eigenvalue weighted by Crippen LogP contribution is -2.29. The zero-order valence-electron chi connectivity index (χ0n) is 24.8. The number of hydrogen-bond donors (Lipinski definition) is 2. The molecule has 0 spiro atoms. The summed E-state index contributed by atoms with van der Waals surface area (Å²) in [7, 11) is 6.47. The van der Waals surface area contributed by atoms with Crippen molar-refractivity contribution in [2.24, 2.45) is 0 Å². The molecule has 5 rings (SSSR count). The summed E-state index contributed by atoms with van der Waals surface area (Å²) in [5.74, 6) is 0.339. The van der Waals surface area contributed by atoms with Gasteiger partial charge in [0.2, 0.25) is 0 Å². The van der Waals surface area contributed by atoms with E-state index in [4.69, 9.17) is 18.9 Å². The van der Waals surface area contributed by atoms with Crippen molar-refractivity contribution < 1.29 is 29.2 Å². The van der Waals surface area contributed by atoms with Crippen LogP contribution >= 0.6 is 0 Å². The van der Waals surface area contributed by atoms with Gasteiger partial charge in [0.1, 0.15) is 11.5 Å². The normalized spacial score (nSPS) is 12.8. The molecule has 0 saturated carbocycles. The molecule has 2 N–H and O–H groups in total. The zero-order chi connectivity index (χ0) is 29.6. The number of hydrogen-bond acceptors (Lipinski definition) is 6. The summed E-state index contributed by atoms with van der Waals surface area (Å²) in [6, 6.07) is 24.9. The first-order valence-corrected chi connectivity index (χ1v) is 13.9. The molecule has 0 heterocycles. The predicted octanol–water partition coefficient (Wildman–Crippen LogP) is 7.07. The molecule has 0 fully saturated rings. The molecule has 0 aliphatic heterocycles. The Balaban J connectivity index is 0.00000189. The van der Waals surface area contributed by atoms with Crippen molar-refractivity contribution >= 4 is 0 Å². The van der Waals surface area contributed by atoms with Crippen molar-refractivity contribution in [1.82, 2.24) is 0 Å². The zero-order valence-corrected chi connectivity index (χ0v) is 24.8. The number of phenols is 2. The SMILES string of the molecule is CC.COCc1cc(C2(c3cc(COC)c(O)c(COC)c3)c3ccccc3-c3ccccc32)cc(COC)c1O. The number of benzene rings is 4. The number of phenolic OH excluding ortho intramolecular Hbond substituents is 2. The fourth-order valence-electron chi connectivity index (χ4n) is 6.04. The van der Waals surface area contributed by atoms with Crippen molar-refractivity contribution in [2.75, 3.05) is 28.4 Å². The number of methoxy groups -OCH3 is 4. The topological polar surface area (TPSA) is 77.4 Å². The van der Waals surface area contributed by atoms with Crippen LogP contribution in [0.15, 0.2) is 72.8 Å². The second-order valence-electron chi connectivity index (χ2n) is 9.86. The molecule has 0 atom stereocenters. The van der Waals surface area contributed by atoms with Crippen LogP contribution in [0.4, 0.5) is 0 Å². The van der Waals surface area contributed by atoms with Gasteiger partial charge in [-0.2, -0.15) is 0 Å². The maximum atomic E-state index is 11.1. The largest absolute Gasteiger partial charge is 0.507 e. The fraction of sp³-hybridized carbons (Fsp3) is 0.314. The number of aromatic hydroxyl groups is 2. The lowest BCUT2D eigenvalue weighted by Gasteiger charge is -2.35. The maximum Gasteiger partial charge on any atom is 0.126 e. The third kappa shape index (κ3) is 5.24. The van der Waals surface area contributed by atoms with E-state index in [0.717, 1.165) is 33.4 Å². The molecule has 4 aromatic carbocycles. The van der Waals surface area contributed by atoms with E-state index < -0.39 is 5.41 Å². The summed E-state index contributed by atoms with van der Waals surface area (Å²) in [6.45, 7) is 4.98. The summed E-state index contributed by atoms with van der Waals surface area (Å²) in [6.07, 6.45) is 0. The molecule has 1 aliphatic rings. The molecule has 0 amide bonds. The summed E-state index contributed by atoms with van der Waals surface area (Å²) in [5, 5.41) is 22.2. The van der Waals surface area contributed by atoms with Gasteiger partial charge in [-0.1, -0.05) is 62.4 Å². The van der Waals surface area contributed by atoms with Gasteiger partial charge in [-0.15, -0.1) is 0 Å². The third-order valence-corrected chi connectivity index (χ3v) is 7.55. The molecule has 0 bridgehead atoms. The molecule has 6 heteroatoms. The molecule has 216 valence electrons. The maximum absolute atomic E-state index is 11.1. The van der Waals surface area contributed by atoms with Crippen LogP contribution in [0.25, 0.3) is 11.1 Å². The monoisotopic (exact) mass is 556 g/mol. The van der Waals surface area contributed by atoms with Crippen LogP contribution in [0.1, 0.15) is 58.4 Å². The highest BCUT2D eigenvalue weighted by molar-refractivity contribution is 5.86. The average Bonchev–Trinajstić information content (AvgIpc) is 3.30.